The quantitative estimate of drug-likeness (QED) is 0.549. The number of rotatable bonds is 4. The Bertz CT molecular complexity index is 374. The molecule has 1 heterocycles. The van der Waals surface area contributed by atoms with Crippen LogP contribution in [0.3, 0.4) is 0 Å². The molecule has 1 amide bonds. The summed E-state index contributed by atoms with van der Waals surface area (Å²) < 4.78 is 1.52. The predicted molar refractivity (Wildman–Crippen MR) is 50.9 cm³/mol. The molecule has 0 aliphatic heterocycles. The molecule has 0 radical (unpaired) electrons. The lowest BCUT2D eigenvalue weighted by Crippen LogP contribution is -2.43. The van der Waals surface area contributed by atoms with Crippen LogP contribution in [0.25, 0.3) is 0 Å². The lowest BCUT2D eigenvalue weighted by atomic mass is 10.3. The van der Waals surface area contributed by atoms with Crippen LogP contribution in [0.4, 0.5) is 0 Å². The van der Waals surface area contributed by atoms with E-state index in [1.807, 2.05) is 0 Å². The first kappa shape index (κ1) is 11.2. The SMILES string of the molecule is Cn1ccnc1C(=O)NC(N)CC(=O)O. The van der Waals surface area contributed by atoms with E-state index in [9.17, 15) is 9.59 Å². The molecule has 4 N–H and O–H groups in total. The lowest BCUT2D eigenvalue weighted by molar-refractivity contribution is -0.137. The van der Waals surface area contributed by atoms with Gasteiger partial charge in [0.1, 0.15) is 0 Å². The van der Waals surface area contributed by atoms with E-state index >= 15 is 0 Å². The first-order valence-electron chi connectivity index (χ1n) is 4.26. The highest BCUT2D eigenvalue weighted by Crippen LogP contribution is 1.94. The van der Waals surface area contributed by atoms with Crippen molar-refractivity contribution in [3.63, 3.8) is 0 Å². The summed E-state index contributed by atoms with van der Waals surface area (Å²) in [5.41, 5.74) is 5.38. The number of aliphatic carboxylic acids is 1. The summed E-state index contributed by atoms with van der Waals surface area (Å²) >= 11 is 0. The van der Waals surface area contributed by atoms with Crippen molar-refractivity contribution in [1.29, 1.82) is 0 Å². The van der Waals surface area contributed by atoms with Gasteiger partial charge in [0, 0.05) is 19.4 Å². The lowest BCUT2D eigenvalue weighted by Gasteiger charge is -2.10. The molecule has 0 aliphatic rings. The normalized spacial score (nSPS) is 12.1. The van der Waals surface area contributed by atoms with Gasteiger partial charge in [0.25, 0.3) is 5.91 Å². The zero-order valence-corrected chi connectivity index (χ0v) is 8.17. The Labute approximate surface area is 85.9 Å². The number of nitrogens with one attached hydrogen (secondary N) is 1. The fourth-order valence-electron chi connectivity index (χ4n) is 1.06. The second-order valence-electron chi connectivity index (χ2n) is 3.04. The van der Waals surface area contributed by atoms with Crippen LogP contribution in [0.2, 0.25) is 0 Å². The van der Waals surface area contributed by atoms with Crippen molar-refractivity contribution in [2.24, 2.45) is 12.8 Å². The standard InChI is InChI=1S/C8H12N4O3/c1-12-3-2-10-7(12)8(15)11-5(9)4-6(13)14/h2-3,5H,4,9H2,1H3,(H,11,15)(H,13,14). The van der Waals surface area contributed by atoms with E-state index in [0.717, 1.165) is 0 Å². The Balaban J connectivity index is 2.56. The number of carboxylic acid groups (broad SMARTS) is 1. The molecule has 0 aromatic carbocycles. The maximum absolute atomic E-state index is 11.5. The van der Waals surface area contributed by atoms with Crippen LogP contribution in [-0.2, 0) is 11.8 Å². The van der Waals surface area contributed by atoms with Gasteiger partial charge in [-0.25, -0.2) is 4.98 Å². The first-order chi connectivity index (χ1) is 7.00. The molecule has 7 nitrogen and oxygen atoms in total. The van der Waals surface area contributed by atoms with Crippen molar-refractivity contribution in [3.05, 3.63) is 18.2 Å². The monoisotopic (exact) mass is 212 g/mol. The number of hydrogen-bond donors (Lipinski definition) is 3. The molecular weight excluding hydrogens is 200 g/mol. The minimum Gasteiger partial charge on any atom is -0.481 e. The fraction of sp³-hybridized carbons (Fsp3) is 0.375. The van der Waals surface area contributed by atoms with Crippen LogP contribution in [0.1, 0.15) is 17.0 Å². The Hall–Kier alpha value is -1.89. The number of hydrogen-bond acceptors (Lipinski definition) is 4. The molecule has 0 saturated carbocycles. The van der Waals surface area contributed by atoms with E-state index in [-0.39, 0.29) is 12.2 Å². The summed E-state index contributed by atoms with van der Waals surface area (Å²) in [5.74, 6) is -1.37. The van der Waals surface area contributed by atoms with Crippen LogP contribution < -0.4 is 11.1 Å². The van der Waals surface area contributed by atoms with E-state index in [2.05, 4.69) is 10.3 Å². The highest BCUT2D eigenvalue weighted by Gasteiger charge is 2.15. The van der Waals surface area contributed by atoms with Crippen LogP contribution in [0.5, 0.6) is 0 Å². The molecule has 0 aliphatic carbocycles. The Kier molecular flexibility index (Phi) is 3.40. The summed E-state index contributed by atoms with van der Waals surface area (Å²) in [5, 5.41) is 10.8. The first-order valence-corrected chi connectivity index (χ1v) is 4.26. The Morgan fingerprint density at radius 2 is 2.40 bits per heavy atom. The van der Waals surface area contributed by atoms with Gasteiger partial charge in [-0.15, -0.1) is 0 Å². The molecule has 15 heavy (non-hydrogen) atoms. The van der Waals surface area contributed by atoms with E-state index in [1.165, 1.54) is 10.8 Å². The van der Waals surface area contributed by atoms with Crippen molar-refractivity contribution in [1.82, 2.24) is 14.9 Å². The van der Waals surface area contributed by atoms with Gasteiger partial charge in [0.2, 0.25) is 0 Å². The van der Waals surface area contributed by atoms with Gasteiger partial charge in [-0.05, 0) is 0 Å². The molecule has 1 unspecified atom stereocenters. The van der Waals surface area contributed by atoms with Crippen molar-refractivity contribution in [2.45, 2.75) is 12.6 Å². The van der Waals surface area contributed by atoms with Gasteiger partial charge in [0.05, 0.1) is 12.6 Å². The number of carbonyl (C=O) groups is 2. The average molecular weight is 212 g/mol. The third-order valence-electron chi connectivity index (χ3n) is 1.74. The minimum absolute atomic E-state index is 0.191. The van der Waals surface area contributed by atoms with E-state index in [0.29, 0.717) is 0 Å². The summed E-state index contributed by atoms with van der Waals surface area (Å²) in [6.45, 7) is 0. The maximum Gasteiger partial charge on any atom is 0.306 e. The van der Waals surface area contributed by atoms with E-state index in [1.54, 1.807) is 13.2 Å². The van der Waals surface area contributed by atoms with E-state index in [4.69, 9.17) is 10.8 Å². The molecule has 0 spiro atoms. The summed E-state index contributed by atoms with van der Waals surface area (Å²) in [4.78, 5) is 25.5. The van der Waals surface area contributed by atoms with Crippen LogP contribution >= 0.6 is 0 Å². The summed E-state index contributed by atoms with van der Waals surface area (Å²) in [7, 11) is 1.66. The molecule has 0 fully saturated rings. The second kappa shape index (κ2) is 4.56. The van der Waals surface area contributed by atoms with Gasteiger partial charge in [-0.1, -0.05) is 0 Å². The number of nitrogens with zero attached hydrogens (tertiary/aromatic N) is 2. The second-order valence-corrected chi connectivity index (χ2v) is 3.04. The van der Waals surface area contributed by atoms with Gasteiger partial charge in [0.15, 0.2) is 5.82 Å². The van der Waals surface area contributed by atoms with Crippen LogP contribution in [-0.4, -0.2) is 32.7 Å². The fourth-order valence-corrected chi connectivity index (χ4v) is 1.06. The van der Waals surface area contributed by atoms with Crippen LogP contribution in [0, 0.1) is 0 Å². The molecule has 0 saturated heterocycles. The highest BCUT2D eigenvalue weighted by molar-refractivity contribution is 5.91. The molecule has 1 aromatic rings. The molecule has 82 valence electrons. The van der Waals surface area contributed by atoms with Crippen LogP contribution in [0.15, 0.2) is 12.4 Å². The molecular formula is C8H12N4O3. The van der Waals surface area contributed by atoms with Gasteiger partial charge < -0.3 is 20.7 Å². The minimum atomic E-state index is -1.07. The maximum atomic E-state index is 11.5. The number of aryl methyl sites for hydroxylation is 1. The number of amides is 1. The van der Waals surface area contributed by atoms with Crippen molar-refractivity contribution < 1.29 is 14.7 Å². The predicted octanol–water partition coefficient (Wildman–Crippen LogP) is -1.09. The topological polar surface area (TPSA) is 110 Å². The largest absolute Gasteiger partial charge is 0.481 e. The third-order valence-corrected chi connectivity index (χ3v) is 1.74. The number of aromatic nitrogens is 2. The summed E-state index contributed by atoms with van der Waals surface area (Å²) in [6.07, 6.45) is 1.84. The van der Waals surface area contributed by atoms with Gasteiger partial charge in [-0.3, -0.25) is 9.59 Å². The zero-order chi connectivity index (χ0) is 11.4. The molecule has 7 heteroatoms. The van der Waals surface area contributed by atoms with Gasteiger partial charge >= 0.3 is 5.97 Å². The Morgan fingerprint density at radius 3 is 2.87 bits per heavy atom. The average Bonchev–Trinajstić information content (AvgIpc) is 2.49. The molecule has 1 aromatic heterocycles. The van der Waals surface area contributed by atoms with Crippen molar-refractivity contribution in [2.75, 3.05) is 0 Å². The molecule has 0 bridgehead atoms. The van der Waals surface area contributed by atoms with E-state index < -0.39 is 18.0 Å². The zero-order valence-electron chi connectivity index (χ0n) is 8.17. The van der Waals surface area contributed by atoms with Gasteiger partial charge in [-0.2, -0.15) is 0 Å². The number of nitrogens with two attached hydrogens (primary N) is 1. The van der Waals surface area contributed by atoms with Crippen molar-refractivity contribution >= 4 is 11.9 Å². The summed E-state index contributed by atoms with van der Waals surface area (Å²) in [6, 6.07) is 0. The third kappa shape index (κ3) is 3.06. The number of carboxylic acids is 1. The smallest absolute Gasteiger partial charge is 0.306 e. The number of carbonyl (C=O) groups excluding carboxylic acids is 1. The molecule has 1 rings (SSSR count). The van der Waals surface area contributed by atoms with Crippen molar-refractivity contribution in [3.8, 4) is 0 Å². The number of imidazole rings is 1. The Morgan fingerprint density at radius 1 is 1.73 bits per heavy atom. The molecule has 1 atom stereocenters. The highest BCUT2D eigenvalue weighted by atomic mass is 16.4.